The number of fused-ring (bicyclic) bond motifs is 2. The minimum absolute atomic E-state index is 0.112. The van der Waals surface area contributed by atoms with Gasteiger partial charge in [-0.25, -0.2) is 0 Å². The number of carbonyl (C=O) groups excluding carboxylic acids is 1. The van der Waals surface area contributed by atoms with Crippen LogP contribution >= 0.6 is 0 Å². The van der Waals surface area contributed by atoms with Crippen molar-refractivity contribution in [1.29, 1.82) is 0 Å². The van der Waals surface area contributed by atoms with Gasteiger partial charge in [-0.1, -0.05) is 12.1 Å². The van der Waals surface area contributed by atoms with Gasteiger partial charge in [0, 0.05) is 30.0 Å². The third-order valence-corrected chi connectivity index (χ3v) is 3.79. The first kappa shape index (κ1) is 10.3. The van der Waals surface area contributed by atoms with Crippen LogP contribution < -0.4 is 5.32 Å². The maximum Gasteiger partial charge on any atom is 0.269 e. The monoisotopic (exact) mass is 232 g/mol. The summed E-state index contributed by atoms with van der Waals surface area (Å²) in [4.78, 5) is 21.5. The molecule has 1 heterocycles. The van der Waals surface area contributed by atoms with Gasteiger partial charge in [-0.05, 0) is 18.4 Å². The maximum absolute atomic E-state index is 11.4. The number of rotatable bonds is 2. The first-order valence-electron chi connectivity index (χ1n) is 5.70. The van der Waals surface area contributed by atoms with Crippen LogP contribution in [0, 0.1) is 16.0 Å². The predicted molar refractivity (Wildman–Crippen MR) is 60.5 cm³/mol. The summed E-state index contributed by atoms with van der Waals surface area (Å²) >= 11 is 0. The average Bonchev–Trinajstić information content (AvgIpc) is 2.87. The summed E-state index contributed by atoms with van der Waals surface area (Å²) in [5.41, 5.74) is 1.20. The standard InChI is InChI=1S/C12H12N2O3/c15-12-8-5-10(11(6-8)13-12)7-1-3-9(4-2-7)14(16)17/h1-4,8,10-11H,5-6H2,(H,13,15)/t8-,10-,11+/m1/s1. The zero-order valence-corrected chi connectivity index (χ0v) is 9.13. The SMILES string of the molecule is O=C1N[C@H]2C[C@H]1C[C@@H]2c1ccc([N+](=O)[O-])cc1. The van der Waals surface area contributed by atoms with E-state index in [1.165, 1.54) is 12.1 Å². The van der Waals surface area contributed by atoms with Gasteiger partial charge in [0.25, 0.3) is 5.69 Å². The summed E-state index contributed by atoms with van der Waals surface area (Å²) in [5.74, 6) is 0.617. The molecule has 1 saturated carbocycles. The molecule has 17 heavy (non-hydrogen) atoms. The van der Waals surface area contributed by atoms with Gasteiger partial charge in [-0.2, -0.15) is 0 Å². The summed E-state index contributed by atoms with van der Waals surface area (Å²) in [6.07, 6.45) is 1.77. The highest BCUT2D eigenvalue weighted by atomic mass is 16.6. The predicted octanol–water partition coefficient (Wildman–Crippen LogP) is 1.59. The van der Waals surface area contributed by atoms with Crippen LogP contribution in [0.15, 0.2) is 24.3 Å². The van der Waals surface area contributed by atoms with Gasteiger partial charge in [-0.15, -0.1) is 0 Å². The summed E-state index contributed by atoms with van der Waals surface area (Å²) in [5, 5.41) is 13.5. The van der Waals surface area contributed by atoms with E-state index < -0.39 is 4.92 Å². The third kappa shape index (κ3) is 1.58. The molecule has 1 saturated heterocycles. The molecule has 3 atom stereocenters. The molecule has 1 aliphatic heterocycles. The number of non-ortho nitro benzene ring substituents is 1. The van der Waals surface area contributed by atoms with E-state index in [1.54, 1.807) is 12.1 Å². The Balaban J connectivity index is 1.82. The fourth-order valence-electron chi connectivity index (χ4n) is 2.92. The van der Waals surface area contributed by atoms with E-state index in [1.807, 2.05) is 0 Å². The second-order valence-electron chi connectivity index (χ2n) is 4.74. The van der Waals surface area contributed by atoms with Gasteiger partial charge in [0.15, 0.2) is 0 Å². The molecule has 0 aromatic heterocycles. The summed E-state index contributed by atoms with van der Waals surface area (Å²) < 4.78 is 0. The number of nitrogens with one attached hydrogen (secondary N) is 1. The van der Waals surface area contributed by atoms with Crippen LogP contribution in [0.5, 0.6) is 0 Å². The number of hydrogen-bond acceptors (Lipinski definition) is 3. The van der Waals surface area contributed by atoms with Gasteiger partial charge >= 0.3 is 0 Å². The van der Waals surface area contributed by atoms with Gasteiger partial charge in [0.2, 0.25) is 5.91 Å². The maximum atomic E-state index is 11.4. The first-order chi connectivity index (χ1) is 8.15. The molecular formula is C12H12N2O3. The largest absolute Gasteiger partial charge is 0.352 e. The van der Waals surface area contributed by atoms with Gasteiger partial charge < -0.3 is 5.32 Å². The molecule has 1 aromatic rings. The lowest BCUT2D eigenvalue weighted by atomic mass is 9.91. The number of amides is 1. The molecule has 1 aromatic carbocycles. The van der Waals surface area contributed by atoms with E-state index in [4.69, 9.17) is 0 Å². The molecule has 0 unspecified atom stereocenters. The van der Waals surface area contributed by atoms with Crippen LogP contribution in [0.2, 0.25) is 0 Å². The molecule has 2 aliphatic rings. The Labute approximate surface area is 98.0 Å². The Morgan fingerprint density at radius 1 is 1.24 bits per heavy atom. The molecule has 0 radical (unpaired) electrons. The van der Waals surface area contributed by atoms with E-state index in [0.717, 1.165) is 18.4 Å². The Kier molecular flexibility index (Phi) is 2.14. The molecule has 5 nitrogen and oxygen atoms in total. The number of benzene rings is 1. The summed E-state index contributed by atoms with van der Waals surface area (Å²) in [6.45, 7) is 0. The van der Waals surface area contributed by atoms with Crippen molar-refractivity contribution in [3.8, 4) is 0 Å². The lowest BCUT2D eigenvalue weighted by Crippen LogP contribution is -2.35. The highest BCUT2D eigenvalue weighted by Gasteiger charge is 2.45. The van der Waals surface area contributed by atoms with Crippen molar-refractivity contribution in [3.05, 3.63) is 39.9 Å². The molecule has 1 aliphatic carbocycles. The Hall–Kier alpha value is -1.91. The topological polar surface area (TPSA) is 72.2 Å². The zero-order chi connectivity index (χ0) is 12.0. The van der Waals surface area contributed by atoms with E-state index >= 15 is 0 Å². The Bertz CT molecular complexity index is 483. The Morgan fingerprint density at radius 2 is 1.94 bits per heavy atom. The molecular weight excluding hydrogens is 220 g/mol. The van der Waals surface area contributed by atoms with Gasteiger partial charge in [0.1, 0.15) is 0 Å². The van der Waals surface area contributed by atoms with Gasteiger partial charge in [0.05, 0.1) is 4.92 Å². The molecule has 3 rings (SSSR count). The van der Waals surface area contributed by atoms with Crippen molar-refractivity contribution in [2.24, 2.45) is 5.92 Å². The smallest absolute Gasteiger partial charge is 0.269 e. The van der Waals surface area contributed by atoms with Crippen LogP contribution in [-0.2, 0) is 4.79 Å². The number of piperidine rings is 1. The summed E-state index contributed by atoms with van der Waals surface area (Å²) in [6, 6.07) is 6.88. The Morgan fingerprint density at radius 3 is 2.41 bits per heavy atom. The fraction of sp³-hybridized carbons (Fsp3) is 0.417. The van der Waals surface area contributed by atoms with Crippen molar-refractivity contribution >= 4 is 11.6 Å². The minimum Gasteiger partial charge on any atom is -0.352 e. The lowest BCUT2D eigenvalue weighted by molar-refractivity contribution is -0.384. The highest BCUT2D eigenvalue weighted by Crippen LogP contribution is 2.43. The normalized spacial score (nSPS) is 30.4. The van der Waals surface area contributed by atoms with Gasteiger partial charge in [-0.3, -0.25) is 14.9 Å². The number of carbonyl (C=O) groups is 1. The van der Waals surface area contributed by atoms with Crippen LogP contribution in [0.25, 0.3) is 0 Å². The third-order valence-electron chi connectivity index (χ3n) is 3.79. The lowest BCUT2D eigenvalue weighted by Gasteiger charge is -2.22. The van der Waals surface area contributed by atoms with Crippen molar-refractivity contribution < 1.29 is 9.72 Å². The molecule has 2 fully saturated rings. The molecule has 0 spiro atoms. The second kappa shape index (κ2) is 3.55. The molecule has 88 valence electrons. The fourth-order valence-corrected chi connectivity index (χ4v) is 2.92. The van der Waals surface area contributed by atoms with Crippen molar-refractivity contribution in [2.45, 2.75) is 24.8 Å². The number of nitrogens with zero attached hydrogens (tertiary/aromatic N) is 1. The van der Waals surface area contributed by atoms with Crippen molar-refractivity contribution in [1.82, 2.24) is 5.32 Å². The number of nitro benzene ring substituents is 1. The highest BCUT2D eigenvalue weighted by molar-refractivity contribution is 5.83. The molecule has 1 N–H and O–H groups in total. The van der Waals surface area contributed by atoms with Crippen LogP contribution in [-0.4, -0.2) is 16.9 Å². The number of nitro groups is 1. The first-order valence-corrected chi connectivity index (χ1v) is 5.70. The van der Waals surface area contributed by atoms with Crippen LogP contribution in [0.1, 0.15) is 24.3 Å². The molecule has 5 heteroatoms. The van der Waals surface area contributed by atoms with Crippen LogP contribution in [0.4, 0.5) is 5.69 Å². The molecule has 1 amide bonds. The van der Waals surface area contributed by atoms with Crippen molar-refractivity contribution in [2.75, 3.05) is 0 Å². The van der Waals surface area contributed by atoms with Crippen LogP contribution in [0.3, 0.4) is 0 Å². The minimum atomic E-state index is -0.396. The van der Waals surface area contributed by atoms with E-state index in [9.17, 15) is 14.9 Å². The van der Waals surface area contributed by atoms with E-state index in [2.05, 4.69) is 5.32 Å². The summed E-state index contributed by atoms with van der Waals surface area (Å²) in [7, 11) is 0. The molecule has 2 bridgehead atoms. The second-order valence-corrected chi connectivity index (χ2v) is 4.74. The zero-order valence-electron chi connectivity index (χ0n) is 9.13. The van der Waals surface area contributed by atoms with E-state index in [-0.39, 0.29) is 23.6 Å². The quantitative estimate of drug-likeness (QED) is 0.621. The number of hydrogen-bond donors (Lipinski definition) is 1. The van der Waals surface area contributed by atoms with E-state index in [0.29, 0.717) is 5.92 Å². The van der Waals surface area contributed by atoms with Crippen molar-refractivity contribution in [3.63, 3.8) is 0 Å². The average molecular weight is 232 g/mol.